The highest BCUT2D eigenvalue weighted by molar-refractivity contribution is 5.69. The predicted octanol–water partition coefficient (Wildman–Crippen LogP) is 5.60. The summed E-state index contributed by atoms with van der Waals surface area (Å²) in [6.07, 6.45) is 0.0370. The number of hydrogen-bond donors (Lipinski definition) is 1. The van der Waals surface area contributed by atoms with E-state index in [2.05, 4.69) is 0 Å². The average molecular weight is 390 g/mol. The Bertz CT molecular complexity index is 934. The maximum absolute atomic E-state index is 11.3. The van der Waals surface area contributed by atoms with E-state index in [1.165, 1.54) is 0 Å². The van der Waals surface area contributed by atoms with Gasteiger partial charge in [0, 0.05) is 5.41 Å². The zero-order valence-electron chi connectivity index (χ0n) is 16.8. The smallest absolute Gasteiger partial charge is 0.304 e. The topological polar surface area (TPSA) is 55.8 Å². The van der Waals surface area contributed by atoms with Crippen molar-refractivity contribution in [1.29, 1.82) is 0 Å². The quantitative estimate of drug-likeness (QED) is 0.517. The SMILES string of the molecule is CC(C)(CC(=O)O)c1ccc(OCc2ccccc2)c(OCc2ccccc2)c1. The maximum atomic E-state index is 11.3. The van der Waals surface area contributed by atoms with Crippen LogP contribution in [0.25, 0.3) is 0 Å². The van der Waals surface area contributed by atoms with Gasteiger partial charge in [0.25, 0.3) is 0 Å². The molecule has 0 fully saturated rings. The lowest BCUT2D eigenvalue weighted by Crippen LogP contribution is -2.21. The molecule has 3 aromatic rings. The molecule has 0 radical (unpaired) electrons. The monoisotopic (exact) mass is 390 g/mol. The third kappa shape index (κ3) is 5.85. The Labute approximate surface area is 171 Å². The molecule has 29 heavy (non-hydrogen) atoms. The number of carboxylic acids is 1. The van der Waals surface area contributed by atoms with Gasteiger partial charge >= 0.3 is 5.97 Å². The number of aliphatic carboxylic acids is 1. The van der Waals surface area contributed by atoms with Gasteiger partial charge in [-0.15, -0.1) is 0 Å². The van der Waals surface area contributed by atoms with Crippen molar-refractivity contribution in [1.82, 2.24) is 0 Å². The number of ether oxygens (including phenoxy) is 2. The van der Waals surface area contributed by atoms with Gasteiger partial charge in [0.1, 0.15) is 13.2 Å². The van der Waals surface area contributed by atoms with Gasteiger partial charge in [0.2, 0.25) is 0 Å². The van der Waals surface area contributed by atoms with Gasteiger partial charge in [-0.1, -0.05) is 80.6 Å². The number of carbonyl (C=O) groups is 1. The molecule has 3 aromatic carbocycles. The number of benzene rings is 3. The third-order valence-electron chi connectivity index (χ3n) is 4.79. The molecule has 0 heterocycles. The average Bonchev–Trinajstić information content (AvgIpc) is 2.71. The van der Waals surface area contributed by atoms with Crippen LogP contribution in [-0.4, -0.2) is 11.1 Å². The zero-order chi connectivity index (χ0) is 20.7. The van der Waals surface area contributed by atoms with Gasteiger partial charge in [0.15, 0.2) is 11.5 Å². The Morgan fingerprint density at radius 2 is 1.31 bits per heavy atom. The molecule has 0 saturated carbocycles. The van der Waals surface area contributed by atoms with E-state index in [0.29, 0.717) is 24.7 Å². The van der Waals surface area contributed by atoms with Crippen LogP contribution in [-0.2, 0) is 23.4 Å². The summed E-state index contributed by atoms with van der Waals surface area (Å²) in [5.41, 5.74) is 2.50. The first-order chi connectivity index (χ1) is 13.9. The highest BCUT2D eigenvalue weighted by atomic mass is 16.5. The molecule has 0 bridgehead atoms. The van der Waals surface area contributed by atoms with Crippen LogP contribution < -0.4 is 9.47 Å². The van der Waals surface area contributed by atoms with E-state index in [1.54, 1.807) is 0 Å². The standard InChI is InChI=1S/C25H26O4/c1-25(2,16-24(26)27)21-13-14-22(28-17-19-9-5-3-6-10-19)23(15-21)29-18-20-11-7-4-8-12-20/h3-15H,16-18H2,1-2H3,(H,26,27). The van der Waals surface area contributed by atoms with Crippen LogP contribution in [0, 0.1) is 0 Å². The molecular weight excluding hydrogens is 364 g/mol. The lowest BCUT2D eigenvalue weighted by Gasteiger charge is -2.24. The Hall–Kier alpha value is -3.27. The molecule has 4 heteroatoms. The minimum atomic E-state index is -0.828. The van der Waals surface area contributed by atoms with Crippen LogP contribution in [0.2, 0.25) is 0 Å². The summed E-state index contributed by atoms with van der Waals surface area (Å²) >= 11 is 0. The molecule has 0 aromatic heterocycles. The maximum Gasteiger partial charge on any atom is 0.304 e. The Kier molecular flexibility index (Phi) is 6.55. The number of hydrogen-bond acceptors (Lipinski definition) is 3. The molecule has 0 amide bonds. The van der Waals surface area contributed by atoms with Crippen LogP contribution in [0.1, 0.15) is 37.0 Å². The molecule has 3 rings (SSSR count). The van der Waals surface area contributed by atoms with E-state index in [9.17, 15) is 9.90 Å². The van der Waals surface area contributed by atoms with E-state index < -0.39 is 11.4 Å². The van der Waals surface area contributed by atoms with Crippen molar-refractivity contribution in [3.8, 4) is 11.5 Å². The molecule has 0 aliphatic heterocycles. The molecule has 0 spiro atoms. The van der Waals surface area contributed by atoms with E-state index >= 15 is 0 Å². The second-order valence-electron chi connectivity index (χ2n) is 7.66. The Balaban J connectivity index is 1.84. The number of carboxylic acid groups (broad SMARTS) is 1. The van der Waals surface area contributed by atoms with Gasteiger partial charge in [-0.05, 0) is 28.8 Å². The Morgan fingerprint density at radius 3 is 1.83 bits per heavy atom. The first-order valence-corrected chi connectivity index (χ1v) is 9.64. The molecule has 0 unspecified atom stereocenters. The summed E-state index contributed by atoms with van der Waals surface area (Å²) in [5.74, 6) is 0.423. The fourth-order valence-electron chi connectivity index (χ4n) is 3.11. The van der Waals surface area contributed by atoms with Crippen molar-refractivity contribution in [2.45, 2.75) is 38.9 Å². The van der Waals surface area contributed by atoms with E-state index in [-0.39, 0.29) is 6.42 Å². The zero-order valence-corrected chi connectivity index (χ0v) is 16.8. The summed E-state index contributed by atoms with van der Waals surface area (Å²) < 4.78 is 12.1. The van der Waals surface area contributed by atoms with Crippen molar-refractivity contribution < 1.29 is 19.4 Å². The van der Waals surface area contributed by atoms with Crippen molar-refractivity contribution >= 4 is 5.97 Å². The molecule has 1 N–H and O–H groups in total. The fraction of sp³-hybridized carbons (Fsp3) is 0.240. The van der Waals surface area contributed by atoms with E-state index in [4.69, 9.17) is 9.47 Å². The third-order valence-corrected chi connectivity index (χ3v) is 4.79. The lowest BCUT2D eigenvalue weighted by atomic mass is 9.81. The van der Waals surface area contributed by atoms with Crippen LogP contribution in [0.4, 0.5) is 0 Å². The van der Waals surface area contributed by atoms with Crippen LogP contribution >= 0.6 is 0 Å². The van der Waals surface area contributed by atoms with Crippen molar-refractivity contribution in [3.05, 3.63) is 95.6 Å². The summed E-state index contributed by atoms with van der Waals surface area (Å²) in [5, 5.41) is 9.24. The van der Waals surface area contributed by atoms with Crippen LogP contribution in [0.3, 0.4) is 0 Å². The minimum absolute atomic E-state index is 0.0370. The van der Waals surface area contributed by atoms with Gasteiger partial charge in [0.05, 0.1) is 6.42 Å². The summed E-state index contributed by atoms with van der Waals surface area (Å²) in [4.78, 5) is 11.3. The molecule has 0 atom stereocenters. The largest absolute Gasteiger partial charge is 0.485 e. The molecule has 4 nitrogen and oxygen atoms in total. The summed E-state index contributed by atoms with van der Waals surface area (Å²) in [6, 6.07) is 25.5. The second-order valence-corrected chi connectivity index (χ2v) is 7.66. The highest BCUT2D eigenvalue weighted by Crippen LogP contribution is 2.36. The summed E-state index contributed by atoms with van der Waals surface area (Å²) in [6.45, 7) is 4.68. The molecule has 0 aliphatic rings. The predicted molar refractivity (Wildman–Crippen MR) is 113 cm³/mol. The van der Waals surface area contributed by atoms with Gasteiger partial charge in [-0.25, -0.2) is 0 Å². The van der Waals surface area contributed by atoms with Crippen LogP contribution in [0.15, 0.2) is 78.9 Å². The molecule has 150 valence electrons. The van der Waals surface area contributed by atoms with Crippen molar-refractivity contribution in [3.63, 3.8) is 0 Å². The second kappa shape index (κ2) is 9.28. The molecular formula is C25H26O4. The first-order valence-electron chi connectivity index (χ1n) is 9.64. The van der Waals surface area contributed by atoms with Gasteiger partial charge in [-0.3, -0.25) is 4.79 Å². The van der Waals surface area contributed by atoms with E-state index in [0.717, 1.165) is 16.7 Å². The minimum Gasteiger partial charge on any atom is -0.485 e. The lowest BCUT2D eigenvalue weighted by molar-refractivity contribution is -0.138. The summed E-state index contributed by atoms with van der Waals surface area (Å²) in [7, 11) is 0. The Morgan fingerprint density at radius 1 is 0.793 bits per heavy atom. The van der Waals surface area contributed by atoms with Crippen LogP contribution in [0.5, 0.6) is 11.5 Å². The van der Waals surface area contributed by atoms with Gasteiger partial charge in [-0.2, -0.15) is 0 Å². The molecule has 0 saturated heterocycles. The van der Waals surface area contributed by atoms with Crippen molar-refractivity contribution in [2.24, 2.45) is 0 Å². The fourth-order valence-corrected chi connectivity index (χ4v) is 3.11. The normalized spacial score (nSPS) is 11.1. The molecule has 0 aliphatic carbocycles. The van der Waals surface area contributed by atoms with E-state index in [1.807, 2.05) is 92.7 Å². The van der Waals surface area contributed by atoms with Gasteiger partial charge < -0.3 is 14.6 Å². The van der Waals surface area contributed by atoms with Crippen molar-refractivity contribution in [2.75, 3.05) is 0 Å². The number of rotatable bonds is 9. The highest BCUT2D eigenvalue weighted by Gasteiger charge is 2.25. The first kappa shape index (κ1) is 20.5.